The van der Waals surface area contributed by atoms with Crippen molar-refractivity contribution in [1.29, 1.82) is 0 Å². The topological polar surface area (TPSA) is 58.5 Å². The number of hydrogen-bond donors (Lipinski definition) is 2. The van der Waals surface area contributed by atoms with Gasteiger partial charge in [-0.2, -0.15) is 0 Å². The first-order valence-corrected chi connectivity index (χ1v) is 10.4. The number of aliphatic imine (C=N–C) groups is 1. The molecule has 2 N–H and O–H groups in total. The summed E-state index contributed by atoms with van der Waals surface area (Å²) in [6.45, 7) is 8.71. The zero-order valence-corrected chi connectivity index (χ0v) is 17.5. The molecule has 1 aromatic heterocycles. The van der Waals surface area contributed by atoms with E-state index in [4.69, 9.17) is 9.72 Å². The number of aromatic nitrogens is 1. The summed E-state index contributed by atoms with van der Waals surface area (Å²) in [7, 11) is 1.78. The number of para-hydroxylation sites is 1. The minimum atomic E-state index is 0.0822. The fourth-order valence-corrected chi connectivity index (χ4v) is 3.54. The van der Waals surface area contributed by atoms with Gasteiger partial charge >= 0.3 is 0 Å². The number of guanidine groups is 1. The quantitative estimate of drug-likeness (QED) is 0.556. The Labute approximate surface area is 166 Å². The summed E-state index contributed by atoms with van der Waals surface area (Å²) in [5, 5.41) is 9.92. The maximum atomic E-state index is 5.98. The number of ether oxygens (including phenoxy) is 1. The second-order valence-electron chi connectivity index (χ2n) is 8.02. The van der Waals surface area contributed by atoms with Crippen molar-refractivity contribution in [3.8, 4) is 5.75 Å². The number of hydrogen-bond acceptors (Lipinski definition) is 4. The lowest BCUT2D eigenvalue weighted by molar-refractivity contribution is 0.296. The lowest BCUT2D eigenvalue weighted by atomic mass is 9.93. The number of nitrogens with one attached hydrogen (secondary N) is 2. The number of nitrogens with zero attached hydrogens (tertiary/aromatic N) is 2. The molecule has 1 aliphatic rings. The molecule has 0 saturated heterocycles. The molecular formula is C21H30N4OS. The van der Waals surface area contributed by atoms with Crippen LogP contribution in [0.1, 0.15) is 49.9 Å². The van der Waals surface area contributed by atoms with E-state index in [2.05, 4.69) is 47.8 Å². The Kier molecular flexibility index (Phi) is 6.37. The summed E-state index contributed by atoms with van der Waals surface area (Å²) in [6.07, 6.45) is 2.59. The second kappa shape index (κ2) is 8.74. The van der Waals surface area contributed by atoms with E-state index in [0.717, 1.165) is 40.5 Å². The monoisotopic (exact) mass is 386 g/mol. The fraction of sp³-hybridized carbons (Fsp3) is 0.524. The van der Waals surface area contributed by atoms with Gasteiger partial charge in [0.25, 0.3) is 0 Å². The van der Waals surface area contributed by atoms with Crippen LogP contribution in [0.15, 0.2) is 34.6 Å². The average molecular weight is 387 g/mol. The van der Waals surface area contributed by atoms with Crippen molar-refractivity contribution in [3.63, 3.8) is 0 Å². The van der Waals surface area contributed by atoms with Crippen LogP contribution in [0.4, 0.5) is 0 Å². The molecule has 27 heavy (non-hydrogen) atoms. The van der Waals surface area contributed by atoms with Crippen LogP contribution < -0.4 is 15.4 Å². The minimum absolute atomic E-state index is 0.0822. The van der Waals surface area contributed by atoms with Crippen molar-refractivity contribution in [3.05, 3.63) is 45.9 Å². The lowest BCUT2D eigenvalue weighted by Crippen LogP contribution is -2.36. The molecule has 0 unspecified atom stereocenters. The molecule has 1 aromatic carbocycles. The largest absolute Gasteiger partial charge is 0.493 e. The Morgan fingerprint density at radius 1 is 1.22 bits per heavy atom. The third kappa shape index (κ3) is 5.96. The Hall–Kier alpha value is -2.08. The van der Waals surface area contributed by atoms with Gasteiger partial charge in [-0.1, -0.05) is 39.0 Å². The molecule has 5 nitrogen and oxygen atoms in total. The second-order valence-corrected chi connectivity index (χ2v) is 8.96. The van der Waals surface area contributed by atoms with Gasteiger partial charge in [0.2, 0.25) is 0 Å². The van der Waals surface area contributed by atoms with E-state index in [0.29, 0.717) is 13.1 Å². The van der Waals surface area contributed by atoms with Gasteiger partial charge in [-0.25, -0.2) is 4.98 Å². The van der Waals surface area contributed by atoms with Crippen LogP contribution in [0.3, 0.4) is 0 Å². The predicted molar refractivity (Wildman–Crippen MR) is 113 cm³/mol. The van der Waals surface area contributed by atoms with Gasteiger partial charge in [0.1, 0.15) is 10.8 Å². The third-order valence-electron chi connectivity index (χ3n) is 4.54. The molecule has 1 heterocycles. The molecule has 2 aromatic rings. The Morgan fingerprint density at radius 2 is 1.96 bits per heavy atom. The first-order chi connectivity index (χ1) is 13.0. The summed E-state index contributed by atoms with van der Waals surface area (Å²) >= 11 is 1.68. The van der Waals surface area contributed by atoms with Crippen LogP contribution >= 0.6 is 11.3 Å². The summed E-state index contributed by atoms with van der Waals surface area (Å²) in [5.41, 5.74) is 2.36. The van der Waals surface area contributed by atoms with Crippen molar-refractivity contribution in [1.82, 2.24) is 15.6 Å². The molecule has 0 aliphatic heterocycles. The van der Waals surface area contributed by atoms with Gasteiger partial charge in [0.05, 0.1) is 18.8 Å². The lowest BCUT2D eigenvalue weighted by Gasteiger charge is -2.15. The Morgan fingerprint density at radius 3 is 2.63 bits per heavy atom. The van der Waals surface area contributed by atoms with Crippen molar-refractivity contribution in [2.24, 2.45) is 10.9 Å². The molecule has 0 spiro atoms. The number of benzene rings is 1. The van der Waals surface area contributed by atoms with Crippen molar-refractivity contribution >= 4 is 17.3 Å². The van der Waals surface area contributed by atoms with Gasteiger partial charge in [0.15, 0.2) is 5.96 Å². The minimum Gasteiger partial charge on any atom is -0.493 e. The van der Waals surface area contributed by atoms with E-state index in [-0.39, 0.29) is 5.41 Å². The van der Waals surface area contributed by atoms with E-state index in [1.165, 1.54) is 12.8 Å². The maximum Gasteiger partial charge on any atom is 0.191 e. The van der Waals surface area contributed by atoms with Crippen LogP contribution in [0.5, 0.6) is 5.75 Å². The standard InChI is InChI=1S/C21H30N4OS/c1-21(2,3)18-14-27-19(25-18)12-24-20(22-4)23-11-16-7-5-6-8-17(16)26-13-15-9-10-15/h5-8,14-15H,9-13H2,1-4H3,(H2,22,23,24). The molecule has 1 saturated carbocycles. The number of rotatable bonds is 7. The van der Waals surface area contributed by atoms with Crippen molar-refractivity contribution in [2.75, 3.05) is 13.7 Å². The molecule has 3 rings (SSSR count). The van der Waals surface area contributed by atoms with Crippen LogP contribution in [0.2, 0.25) is 0 Å². The maximum absolute atomic E-state index is 5.98. The highest BCUT2D eigenvalue weighted by Gasteiger charge is 2.22. The van der Waals surface area contributed by atoms with Gasteiger partial charge in [-0.3, -0.25) is 4.99 Å². The molecule has 1 aliphatic carbocycles. The van der Waals surface area contributed by atoms with E-state index < -0.39 is 0 Å². The van der Waals surface area contributed by atoms with E-state index in [1.807, 2.05) is 18.2 Å². The fourth-order valence-electron chi connectivity index (χ4n) is 2.58. The highest BCUT2D eigenvalue weighted by molar-refractivity contribution is 7.09. The predicted octanol–water partition coefficient (Wildman–Crippen LogP) is 4.09. The van der Waals surface area contributed by atoms with Crippen LogP contribution in [-0.2, 0) is 18.5 Å². The highest BCUT2D eigenvalue weighted by atomic mass is 32.1. The third-order valence-corrected chi connectivity index (χ3v) is 5.39. The zero-order chi connectivity index (χ0) is 19.3. The summed E-state index contributed by atoms with van der Waals surface area (Å²) in [4.78, 5) is 9.04. The molecular weight excluding hydrogens is 356 g/mol. The van der Waals surface area contributed by atoms with Crippen LogP contribution in [0.25, 0.3) is 0 Å². The van der Waals surface area contributed by atoms with Crippen molar-refractivity contribution < 1.29 is 4.74 Å². The molecule has 0 atom stereocenters. The van der Waals surface area contributed by atoms with Crippen LogP contribution in [0, 0.1) is 5.92 Å². The first kappa shape index (κ1) is 19.7. The van der Waals surface area contributed by atoms with Gasteiger partial charge in [-0.15, -0.1) is 11.3 Å². The first-order valence-electron chi connectivity index (χ1n) is 9.56. The average Bonchev–Trinajstić information content (AvgIpc) is 3.34. The molecule has 6 heteroatoms. The highest BCUT2D eigenvalue weighted by Crippen LogP contribution is 2.30. The Bertz CT molecular complexity index is 774. The smallest absolute Gasteiger partial charge is 0.191 e. The molecule has 0 radical (unpaired) electrons. The summed E-state index contributed by atoms with van der Waals surface area (Å²) in [5.74, 6) is 2.47. The van der Waals surface area contributed by atoms with E-state index >= 15 is 0 Å². The molecule has 146 valence electrons. The SMILES string of the molecule is CN=C(NCc1nc(C(C)(C)C)cs1)NCc1ccccc1OCC1CC1. The van der Waals surface area contributed by atoms with Gasteiger partial charge < -0.3 is 15.4 Å². The van der Waals surface area contributed by atoms with Gasteiger partial charge in [0, 0.05) is 30.0 Å². The Balaban J connectivity index is 1.51. The van der Waals surface area contributed by atoms with Crippen LogP contribution in [-0.4, -0.2) is 24.6 Å². The summed E-state index contributed by atoms with van der Waals surface area (Å²) < 4.78 is 5.98. The normalized spacial score (nSPS) is 14.9. The summed E-state index contributed by atoms with van der Waals surface area (Å²) in [6, 6.07) is 8.20. The zero-order valence-electron chi connectivity index (χ0n) is 16.7. The molecule has 1 fully saturated rings. The van der Waals surface area contributed by atoms with E-state index in [1.54, 1.807) is 18.4 Å². The van der Waals surface area contributed by atoms with Gasteiger partial charge in [-0.05, 0) is 24.8 Å². The molecule has 0 amide bonds. The number of thiazole rings is 1. The van der Waals surface area contributed by atoms with E-state index in [9.17, 15) is 0 Å². The molecule has 0 bridgehead atoms. The van der Waals surface area contributed by atoms with Crippen molar-refractivity contribution in [2.45, 2.75) is 52.1 Å².